The Bertz CT molecular complexity index is 2200. The number of benzene rings is 2. The summed E-state index contributed by atoms with van der Waals surface area (Å²) >= 11 is 0. The fraction of sp³-hybridized carbons (Fsp3) is 0.348. The van der Waals surface area contributed by atoms with Crippen molar-refractivity contribution in [2.45, 2.75) is 105 Å². The van der Waals surface area contributed by atoms with E-state index in [1.807, 2.05) is 0 Å². The number of nitrogens with zero attached hydrogens (tertiary/aromatic N) is 2. The minimum Gasteiger partial charge on any atom is -0.353 e. The molecule has 0 radical (unpaired) electrons. The molecule has 0 fully saturated rings. The van der Waals surface area contributed by atoms with Gasteiger partial charge < -0.3 is 9.97 Å². The maximum absolute atomic E-state index is 5.29. The van der Waals surface area contributed by atoms with Gasteiger partial charge in [0.25, 0.3) is 0 Å². The monoisotopic (exact) mass is 660 g/mol. The van der Waals surface area contributed by atoms with Crippen molar-refractivity contribution in [2.24, 2.45) is 9.98 Å². The van der Waals surface area contributed by atoms with Crippen LogP contribution in [0.25, 0.3) is 11.1 Å². The fourth-order valence-corrected chi connectivity index (χ4v) is 6.84. The highest BCUT2D eigenvalue weighted by atomic mass is 14.9. The van der Waals surface area contributed by atoms with Crippen LogP contribution in [0, 0.1) is 10.7 Å². The van der Waals surface area contributed by atoms with Crippen LogP contribution in [0.5, 0.6) is 0 Å². The van der Waals surface area contributed by atoms with Gasteiger partial charge in [-0.15, -0.1) is 0 Å². The van der Waals surface area contributed by atoms with Gasteiger partial charge in [-0.25, -0.2) is 9.98 Å². The molecule has 50 heavy (non-hydrogen) atoms. The first-order valence-corrected chi connectivity index (χ1v) is 18.0. The van der Waals surface area contributed by atoms with Gasteiger partial charge in [0, 0.05) is 21.8 Å². The van der Waals surface area contributed by atoms with E-state index in [9.17, 15) is 0 Å². The first kappa shape index (κ1) is 33.8. The normalized spacial score (nSPS) is 16.3. The fourth-order valence-electron chi connectivity index (χ4n) is 6.84. The average molecular weight is 661 g/mol. The van der Waals surface area contributed by atoms with Crippen LogP contribution >= 0.6 is 0 Å². The summed E-state index contributed by atoms with van der Waals surface area (Å²) in [7, 11) is 0. The largest absolute Gasteiger partial charge is 0.353 e. The summed E-state index contributed by atoms with van der Waals surface area (Å²) in [6.07, 6.45) is 8.54. The first-order chi connectivity index (χ1) is 23.3. The van der Waals surface area contributed by atoms with Crippen LogP contribution in [0.15, 0.2) is 106 Å². The van der Waals surface area contributed by atoms with Crippen LogP contribution in [0.2, 0.25) is 0 Å². The van der Waals surface area contributed by atoms with Gasteiger partial charge in [0.2, 0.25) is 0 Å². The molecule has 0 spiro atoms. The smallest absolute Gasteiger partial charge is 0.0894 e. The van der Waals surface area contributed by atoms with E-state index in [0.29, 0.717) is 0 Å². The quantitative estimate of drug-likeness (QED) is 0.215. The van der Waals surface area contributed by atoms with Gasteiger partial charge in [0.1, 0.15) is 0 Å². The van der Waals surface area contributed by atoms with Crippen molar-refractivity contribution in [3.8, 4) is 0 Å². The van der Waals surface area contributed by atoms with E-state index in [1.54, 1.807) is 0 Å². The maximum atomic E-state index is 5.29. The molecule has 0 unspecified atom stereocenters. The molecular weight excluding hydrogens is 609 g/mol. The molecule has 4 heteroatoms. The SMILES string of the molecule is CC(C)(C)c1cc(C2=c3ccc([nH]3)=c3ccc([nH]3)=C(c3cc(C(C)(C)C)cc(C(C)(C)C)c3)C3=NC(=C4C=CC2=N4)C=C3)cc(C(C)(C)C)c1. The van der Waals surface area contributed by atoms with Crippen molar-refractivity contribution in [3.63, 3.8) is 0 Å². The van der Waals surface area contributed by atoms with E-state index in [4.69, 9.17) is 9.98 Å². The highest BCUT2D eigenvalue weighted by Gasteiger charge is 2.26. The number of nitrogens with one attached hydrogen (secondary N) is 2. The lowest BCUT2D eigenvalue weighted by Crippen LogP contribution is -2.20. The Labute approximate surface area is 297 Å². The molecule has 2 aromatic carbocycles. The molecular formula is C46H52N4. The van der Waals surface area contributed by atoms with Crippen molar-refractivity contribution in [1.29, 1.82) is 0 Å². The Kier molecular flexibility index (Phi) is 7.71. The number of aromatic nitrogens is 2. The van der Waals surface area contributed by atoms with Crippen LogP contribution in [0.1, 0.15) is 116 Å². The van der Waals surface area contributed by atoms with Crippen molar-refractivity contribution in [2.75, 3.05) is 0 Å². The summed E-state index contributed by atoms with van der Waals surface area (Å²) in [6.45, 7) is 27.5. The Morgan fingerprint density at radius 3 is 0.980 bits per heavy atom. The second kappa shape index (κ2) is 11.4. The third-order valence-corrected chi connectivity index (χ3v) is 10.2. The van der Waals surface area contributed by atoms with Crippen molar-refractivity contribution in [1.82, 2.24) is 9.97 Å². The van der Waals surface area contributed by atoms with Crippen molar-refractivity contribution in [3.05, 3.63) is 151 Å². The van der Waals surface area contributed by atoms with Crippen LogP contribution in [0.3, 0.4) is 0 Å². The number of aromatic amines is 2. The maximum Gasteiger partial charge on any atom is 0.0894 e. The third-order valence-electron chi connectivity index (χ3n) is 10.2. The molecule has 0 atom stereocenters. The molecule has 0 amide bonds. The number of fused-ring (bicyclic) bond motifs is 6. The molecule has 0 aliphatic carbocycles. The summed E-state index contributed by atoms with van der Waals surface area (Å²) < 4.78 is 0. The summed E-state index contributed by atoms with van der Waals surface area (Å²) in [5, 5.41) is 4.14. The number of H-pyrrole nitrogens is 2. The molecule has 4 aromatic rings. The topological polar surface area (TPSA) is 56.3 Å². The standard InChI is InChI=1S/C46H52N4/c1-43(2,3)29-21-27(22-30(25-29)44(4,5)6)41-37-17-13-33(47-37)35-15-19-39(49-35)42(40-20-16-36(50-40)34-14-18-38(41)48-34)28-23-31(45(7,8)9)26-32(24-28)46(10,11)12/h13-26,47,49H,1-12H3. The van der Waals surface area contributed by atoms with E-state index in [-0.39, 0.29) is 21.7 Å². The van der Waals surface area contributed by atoms with Crippen LogP contribution in [-0.4, -0.2) is 21.4 Å². The van der Waals surface area contributed by atoms with Crippen LogP contribution in [0.4, 0.5) is 0 Å². The van der Waals surface area contributed by atoms with Crippen LogP contribution < -0.4 is 10.7 Å². The Morgan fingerprint density at radius 1 is 0.380 bits per heavy atom. The number of hydrogen-bond acceptors (Lipinski definition) is 2. The lowest BCUT2D eigenvalue weighted by Gasteiger charge is -2.26. The van der Waals surface area contributed by atoms with Crippen molar-refractivity contribution < 1.29 is 0 Å². The molecule has 8 bridgehead atoms. The molecule has 5 heterocycles. The van der Waals surface area contributed by atoms with E-state index in [2.05, 4.69) is 178 Å². The summed E-state index contributed by atoms with van der Waals surface area (Å²) in [5.41, 5.74) is 13.4. The molecule has 3 aliphatic heterocycles. The zero-order valence-corrected chi connectivity index (χ0v) is 32.0. The summed E-state index contributed by atoms with van der Waals surface area (Å²) in [5.74, 6) is 0. The molecule has 4 nitrogen and oxygen atoms in total. The van der Waals surface area contributed by atoms with Gasteiger partial charge in [0.05, 0.1) is 33.5 Å². The predicted octanol–water partition coefficient (Wildman–Crippen LogP) is 9.46. The second-order valence-electron chi connectivity index (χ2n) is 18.4. The third kappa shape index (κ3) is 6.25. The molecule has 256 valence electrons. The van der Waals surface area contributed by atoms with Gasteiger partial charge in [-0.1, -0.05) is 119 Å². The van der Waals surface area contributed by atoms with E-state index >= 15 is 0 Å². The first-order valence-electron chi connectivity index (χ1n) is 18.0. The minimum atomic E-state index is -0.00581. The molecule has 7 rings (SSSR count). The number of hydrogen-bond donors (Lipinski definition) is 2. The molecule has 2 N–H and O–H groups in total. The zero-order chi connectivity index (χ0) is 36.0. The summed E-state index contributed by atoms with van der Waals surface area (Å²) in [6, 6.07) is 22.9. The number of aliphatic imine (C=N–C) groups is 2. The van der Waals surface area contributed by atoms with Gasteiger partial charge in [-0.2, -0.15) is 0 Å². The highest BCUT2D eigenvalue weighted by molar-refractivity contribution is 6.31. The highest BCUT2D eigenvalue weighted by Crippen LogP contribution is 2.36. The number of rotatable bonds is 2. The zero-order valence-electron chi connectivity index (χ0n) is 32.0. The van der Waals surface area contributed by atoms with Gasteiger partial charge in [0.15, 0.2) is 0 Å². The summed E-state index contributed by atoms with van der Waals surface area (Å²) in [4.78, 5) is 18.2. The van der Waals surface area contributed by atoms with Crippen molar-refractivity contribution >= 4 is 22.6 Å². The van der Waals surface area contributed by atoms with E-state index in [1.165, 1.54) is 33.4 Å². The molecule has 2 aromatic heterocycles. The van der Waals surface area contributed by atoms with E-state index < -0.39 is 0 Å². The van der Waals surface area contributed by atoms with Crippen LogP contribution in [-0.2, 0) is 21.7 Å². The second-order valence-corrected chi connectivity index (χ2v) is 18.4. The minimum absolute atomic E-state index is 0.00581. The number of allylic oxidation sites excluding steroid dienone is 4. The Hall–Kier alpha value is -4.70. The lowest BCUT2D eigenvalue weighted by molar-refractivity contribution is 0.567. The Morgan fingerprint density at radius 2 is 0.680 bits per heavy atom. The predicted molar refractivity (Wildman–Crippen MR) is 211 cm³/mol. The van der Waals surface area contributed by atoms with Gasteiger partial charge >= 0.3 is 0 Å². The average Bonchev–Trinajstić information content (AvgIpc) is 3.83. The molecule has 0 saturated carbocycles. The van der Waals surface area contributed by atoms with Gasteiger partial charge in [-0.05, 0) is 104 Å². The molecule has 0 saturated heterocycles. The Balaban J connectivity index is 1.58. The van der Waals surface area contributed by atoms with Gasteiger partial charge in [-0.3, -0.25) is 0 Å². The lowest BCUT2D eigenvalue weighted by atomic mass is 9.78. The molecule has 3 aliphatic rings. The van der Waals surface area contributed by atoms with E-state index in [0.717, 1.165) is 55.4 Å².